The Balaban J connectivity index is 1.45. The molecule has 0 radical (unpaired) electrons. The van der Waals surface area contributed by atoms with E-state index in [0.29, 0.717) is 45.9 Å². The highest BCUT2D eigenvalue weighted by atomic mass is 32.2. The van der Waals surface area contributed by atoms with Crippen molar-refractivity contribution >= 4 is 51.1 Å². The van der Waals surface area contributed by atoms with Crippen LogP contribution in [-0.2, 0) is 11.2 Å². The van der Waals surface area contributed by atoms with Gasteiger partial charge in [0.25, 0.3) is 5.91 Å². The highest BCUT2D eigenvalue weighted by Crippen LogP contribution is 2.41. The first-order chi connectivity index (χ1) is 17.6. The number of aromatic amines is 1. The molecule has 1 saturated heterocycles. The summed E-state index contributed by atoms with van der Waals surface area (Å²) < 4.78 is 11.9. The molecule has 10 heteroatoms. The summed E-state index contributed by atoms with van der Waals surface area (Å²) in [6, 6.07) is 18.3. The number of carbonyl (C=O) groups is 1. The van der Waals surface area contributed by atoms with Gasteiger partial charge in [-0.25, -0.2) is 0 Å². The van der Waals surface area contributed by atoms with E-state index < -0.39 is 0 Å². The Labute approximate surface area is 217 Å². The fourth-order valence-corrected chi connectivity index (χ4v) is 5.48. The minimum absolute atomic E-state index is 0.111. The Hall–Kier alpha value is -3.76. The summed E-state index contributed by atoms with van der Waals surface area (Å²) in [7, 11) is 3.23. The van der Waals surface area contributed by atoms with Crippen LogP contribution in [0.5, 0.6) is 11.5 Å². The molecule has 0 bridgehead atoms. The van der Waals surface area contributed by atoms with Gasteiger partial charge in [-0.1, -0.05) is 65.6 Å². The van der Waals surface area contributed by atoms with Crippen LogP contribution in [0.4, 0.5) is 0 Å². The molecule has 3 aromatic carbocycles. The molecule has 8 nitrogen and oxygen atoms in total. The SMILES string of the molecule is COc1cc(C=C2SC(=S)N(CCCc3nn[nH]n3)C2=O)cc(-c2ccc3ccccc3c2)c1OC. The van der Waals surface area contributed by atoms with E-state index >= 15 is 0 Å². The van der Waals surface area contributed by atoms with Gasteiger partial charge in [0, 0.05) is 18.5 Å². The Morgan fingerprint density at radius 3 is 2.67 bits per heavy atom. The molecule has 1 amide bonds. The summed E-state index contributed by atoms with van der Waals surface area (Å²) in [6.07, 6.45) is 3.14. The minimum atomic E-state index is -0.111. The molecule has 0 atom stereocenters. The van der Waals surface area contributed by atoms with Crippen molar-refractivity contribution in [1.82, 2.24) is 25.5 Å². The number of carbonyl (C=O) groups excluding carboxylic acids is 1. The zero-order chi connectivity index (χ0) is 25.1. The number of thiocarbonyl (C=S) groups is 1. The molecule has 0 unspecified atom stereocenters. The molecular weight excluding hydrogens is 494 g/mol. The van der Waals surface area contributed by atoms with Crippen LogP contribution in [0, 0.1) is 0 Å². The normalized spacial score (nSPS) is 14.7. The van der Waals surface area contributed by atoms with Gasteiger partial charge >= 0.3 is 0 Å². The van der Waals surface area contributed by atoms with E-state index in [1.54, 1.807) is 19.1 Å². The van der Waals surface area contributed by atoms with Crippen LogP contribution in [0.1, 0.15) is 17.8 Å². The number of fused-ring (bicyclic) bond motifs is 1. The third-order valence-corrected chi connectivity index (χ3v) is 7.28. The molecule has 0 aliphatic carbocycles. The maximum atomic E-state index is 13.1. The van der Waals surface area contributed by atoms with Crippen molar-refractivity contribution in [2.24, 2.45) is 0 Å². The molecule has 1 N–H and O–H groups in total. The van der Waals surface area contributed by atoms with E-state index in [9.17, 15) is 4.79 Å². The average Bonchev–Trinajstić information content (AvgIpc) is 3.51. The Kier molecular flexibility index (Phi) is 6.97. The van der Waals surface area contributed by atoms with Gasteiger partial charge in [0.05, 0.1) is 19.1 Å². The number of rotatable bonds is 8. The second-order valence-corrected chi connectivity index (χ2v) is 9.81. The molecule has 1 aliphatic rings. The molecule has 0 spiro atoms. The number of nitrogens with one attached hydrogen (secondary N) is 1. The number of amides is 1. The van der Waals surface area contributed by atoms with Gasteiger partial charge in [-0.05, 0) is 52.6 Å². The van der Waals surface area contributed by atoms with Crippen LogP contribution < -0.4 is 9.47 Å². The van der Waals surface area contributed by atoms with Crippen molar-refractivity contribution in [3.05, 3.63) is 70.9 Å². The lowest BCUT2D eigenvalue weighted by atomic mass is 9.98. The van der Waals surface area contributed by atoms with E-state index in [4.69, 9.17) is 21.7 Å². The highest BCUT2D eigenvalue weighted by molar-refractivity contribution is 8.26. The predicted molar refractivity (Wildman–Crippen MR) is 145 cm³/mol. The van der Waals surface area contributed by atoms with Crippen LogP contribution in [-0.4, -0.2) is 56.5 Å². The number of aromatic nitrogens is 4. The first-order valence-corrected chi connectivity index (χ1v) is 12.5. The topological polar surface area (TPSA) is 93.2 Å². The molecule has 1 aromatic heterocycles. The molecular formula is C26H23N5O3S2. The van der Waals surface area contributed by atoms with Gasteiger partial charge in [0.2, 0.25) is 0 Å². The summed E-state index contributed by atoms with van der Waals surface area (Å²) in [5.74, 6) is 1.73. The number of tetrazole rings is 1. The van der Waals surface area contributed by atoms with Crippen LogP contribution in [0.25, 0.3) is 28.0 Å². The third kappa shape index (κ3) is 4.82. The van der Waals surface area contributed by atoms with Crippen molar-refractivity contribution in [2.45, 2.75) is 12.8 Å². The molecule has 36 heavy (non-hydrogen) atoms. The van der Waals surface area contributed by atoms with Crippen LogP contribution >= 0.6 is 24.0 Å². The van der Waals surface area contributed by atoms with Gasteiger partial charge in [0.1, 0.15) is 4.32 Å². The third-order valence-electron chi connectivity index (χ3n) is 5.90. The largest absolute Gasteiger partial charge is 0.493 e. The molecule has 182 valence electrons. The van der Waals surface area contributed by atoms with Gasteiger partial charge in [-0.2, -0.15) is 5.21 Å². The van der Waals surface area contributed by atoms with Crippen LogP contribution in [0.3, 0.4) is 0 Å². The minimum Gasteiger partial charge on any atom is -0.493 e. The summed E-state index contributed by atoms with van der Waals surface area (Å²) in [6.45, 7) is 0.491. The zero-order valence-electron chi connectivity index (χ0n) is 19.7. The number of benzene rings is 3. The van der Waals surface area contributed by atoms with E-state index in [2.05, 4.69) is 51.0 Å². The number of thioether (sulfide) groups is 1. The van der Waals surface area contributed by atoms with Crippen molar-refractivity contribution in [1.29, 1.82) is 0 Å². The van der Waals surface area contributed by atoms with Gasteiger partial charge in [-0.15, -0.1) is 10.2 Å². The average molecular weight is 518 g/mol. The standard InChI is InChI=1S/C26H23N5O3S2/c1-33-21-13-16(12-20(24(21)34-2)19-10-9-17-6-3-4-7-18(17)15-19)14-22-25(32)31(26(35)36-22)11-5-8-23-27-29-30-28-23/h3-4,6-7,9-10,12-15H,5,8,11H2,1-2H3,(H,27,28,29,30). The summed E-state index contributed by atoms with van der Waals surface area (Å²) in [4.78, 5) is 15.3. The lowest BCUT2D eigenvalue weighted by Gasteiger charge is -2.15. The molecule has 1 fully saturated rings. The van der Waals surface area contributed by atoms with E-state index in [1.807, 2.05) is 30.3 Å². The molecule has 2 heterocycles. The number of ether oxygens (including phenoxy) is 2. The van der Waals surface area contributed by atoms with Crippen molar-refractivity contribution in [3.8, 4) is 22.6 Å². The van der Waals surface area contributed by atoms with Crippen molar-refractivity contribution in [3.63, 3.8) is 0 Å². The smallest absolute Gasteiger partial charge is 0.266 e. The zero-order valence-corrected chi connectivity index (χ0v) is 21.4. The van der Waals surface area contributed by atoms with E-state index in [-0.39, 0.29) is 5.91 Å². The first-order valence-electron chi connectivity index (χ1n) is 11.3. The second kappa shape index (κ2) is 10.5. The van der Waals surface area contributed by atoms with E-state index in [0.717, 1.165) is 27.5 Å². The molecule has 5 rings (SSSR count). The fourth-order valence-electron chi connectivity index (χ4n) is 4.17. The number of H-pyrrole nitrogens is 1. The van der Waals surface area contributed by atoms with Gasteiger partial charge < -0.3 is 9.47 Å². The summed E-state index contributed by atoms with van der Waals surface area (Å²) in [5, 5.41) is 16.2. The monoisotopic (exact) mass is 517 g/mol. The Morgan fingerprint density at radius 2 is 1.92 bits per heavy atom. The van der Waals surface area contributed by atoms with Crippen molar-refractivity contribution in [2.75, 3.05) is 20.8 Å². The first kappa shape index (κ1) is 24.0. The number of aryl methyl sites for hydroxylation is 1. The van der Waals surface area contributed by atoms with Crippen molar-refractivity contribution < 1.29 is 14.3 Å². The van der Waals surface area contributed by atoms with Crippen LogP contribution in [0.2, 0.25) is 0 Å². The fraction of sp³-hybridized carbons (Fsp3) is 0.192. The Morgan fingerprint density at radius 1 is 1.08 bits per heavy atom. The molecule has 1 aliphatic heterocycles. The number of hydrogen-bond acceptors (Lipinski definition) is 8. The van der Waals surface area contributed by atoms with Gasteiger partial charge in [0.15, 0.2) is 17.3 Å². The highest BCUT2D eigenvalue weighted by Gasteiger charge is 2.31. The number of nitrogens with zero attached hydrogens (tertiary/aromatic N) is 4. The molecule has 0 saturated carbocycles. The summed E-state index contributed by atoms with van der Waals surface area (Å²) >= 11 is 6.79. The Bertz CT molecular complexity index is 1470. The lowest BCUT2D eigenvalue weighted by Crippen LogP contribution is -2.29. The van der Waals surface area contributed by atoms with Gasteiger partial charge in [-0.3, -0.25) is 9.69 Å². The lowest BCUT2D eigenvalue weighted by molar-refractivity contribution is -0.122. The number of methoxy groups -OCH3 is 2. The van der Waals surface area contributed by atoms with Crippen LogP contribution in [0.15, 0.2) is 59.5 Å². The maximum absolute atomic E-state index is 13.1. The quantitative estimate of drug-likeness (QED) is 0.261. The molecule has 4 aromatic rings. The second-order valence-electron chi connectivity index (χ2n) is 8.13. The predicted octanol–water partition coefficient (Wildman–Crippen LogP) is 4.87. The number of hydrogen-bond donors (Lipinski definition) is 1. The summed E-state index contributed by atoms with van der Waals surface area (Å²) in [5.41, 5.74) is 2.70. The maximum Gasteiger partial charge on any atom is 0.266 e. The van der Waals surface area contributed by atoms with E-state index in [1.165, 1.54) is 11.8 Å².